The lowest BCUT2D eigenvalue weighted by atomic mass is 9.94. The molecule has 1 fully saturated rings. The van der Waals surface area contributed by atoms with Gasteiger partial charge in [0.1, 0.15) is 5.75 Å². The zero-order chi connectivity index (χ0) is 16.1. The Morgan fingerprint density at radius 1 is 1.43 bits per heavy atom. The lowest BCUT2D eigenvalue weighted by molar-refractivity contribution is -0.119. The number of nitrogens with two attached hydrogens (primary N) is 1. The highest BCUT2D eigenvalue weighted by Crippen LogP contribution is 2.26. The van der Waals surface area contributed by atoms with E-state index in [1.165, 1.54) is 24.1 Å². The molecule has 1 aromatic heterocycles. The zero-order valence-electron chi connectivity index (χ0n) is 13.1. The Balaban J connectivity index is 1.60. The molecule has 2 aromatic rings. The van der Waals surface area contributed by atoms with Gasteiger partial charge in [-0.25, -0.2) is 0 Å². The average Bonchev–Trinajstić information content (AvgIpc) is 3.08. The van der Waals surface area contributed by atoms with Crippen molar-refractivity contribution in [3.8, 4) is 5.75 Å². The molecule has 6 nitrogen and oxygen atoms in total. The molecular weight excluding hydrogens is 292 g/mol. The smallest absolute Gasteiger partial charge is 0.255 e. The van der Waals surface area contributed by atoms with E-state index in [0.29, 0.717) is 11.7 Å². The Morgan fingerprint density at radius 2 is 2.35 bits per heavy atom. The van der Waals surface area contributed by atoms with E-state index in [1.54, 1.807) is 0 Å². The number of piperidine rings is 1. The highest BCUT2D eigenvalue weighted by Gasteiger charge is 2.22. The maximum Gasteiger partial charge on any atom is 0.255 e. The minimum Gasteiger partial charge on any atom is -0.484 e. The van der Waals surface area contributed by atoms with Crippen LogP contribution >= 0.6 is 0 Å². The van der Waals surface area contributed by atoms with Crippen molar-refractivity contribution in [2.75, 3.05) is 19.7 Å². The van der Waals surface area contributed by atoms with Crippen LogP contribution in [-0.2, 0) is 11.3 Å². The van der Waals surface area contributed by atoms with E-state index in [-0.39, 0.29) is 6.61 Å². The third-order valence-electron chi connectivity index (χ3n) is 4.15. The summed E-state index contributed by atoms with van der Waals surface area (Å²) in [5, 5.41) is 7.14. The van der Waals surface area contributed by atoms with Crippen LogP contribution in [0, 0.1) is 0 Å². The SMILES string of the molecule is NC(=O)COc1cccc(CN2CCC[C@@H](c3ccn[nH]3)C2)c1. The van der Waals surface area contributed by atoms with Crippen molar-refractivity contribution >= 4 is 5.91 Å². The first-order valence-corrected chi connectivity index (χ1v) is 7.92. The third kappa shape index (κ3) is 4.32. The van der Waals surface area contributed by atoms with Crippen molar-refractivity contribution in [2.45, 2.75) is 25.3 Å². The number of primary amides is 1. The maximum atomic E-state index is 10.8. The number of benzene rings is 1. The van der Waals surface area contributed by atoms with Gasteiger partial charge in [-0.3, -0.25) is 14.8 Å². The van der Waals surface area contributed by atoms with Crippen LogP contribution in [0.5, 0.6) is 5.75 Å². The number of rotatable bonds is 6. The maximum absolute atomic E-state index is 10.8. The number of nitrogens with zero attached hydrogens (tertiary/aromatic N) is 2. The van der Waals surface area contributed by atoms with Gasteiger partial charge in [0.15, 0.2) is 6.61 Å². The molecule has 2 heterocycles. The van der Waals surface area contributed by atoms with Crippen LogP contribution in [0.3, 0.4) is 0 Å². The second-order valence-electron chi connectivity index (χ2n) is 5.99. The van der Waals surface area contributed by atoms with Gasteiger partial charge in [0.25, 0.3) is 5.91 Å². The van der Waals surface area contributed by atoms with E-state index in [2.05, 4.69) is 27.2 Å². The van der Waals surface area contributed by atoms with Gasteiger partial charge in [-0.05, 0) is 43.1 Å². The van der Waals surface area contributed by atoms with Crippen molar-refractivity contribution in [3.05, 3.63) is 47.8 Å². The van der Waals surface area contributed by atoms with Gasteiger partial charge in [-0.15, -0.1) is 0 Å². The number of aromatic amines is 1. The van der Waals surface area contributed by atoms with E-state index < -0.39 is 5.91 Å². The first-order chi connectivity index (χ1) is 11.2. The van der Waals surface area contributed by atoms with Gasteiger partial charge in [-0.2, -0.15) is 5.10 Å². The van der Waals surface area contributed by atoms with E-state index in [9.17, 15) is 4.79 Å². The highest BCUT2D eigenvalue weighted by molar-refractivity contribution is 5.75. The molecule has 6 heteroatoms. The minimum absolute atomic E-state index is 0.0882. The number of hydrogen-bond acceptors (Lipinski definition) is 4. The first-order valence-electron chi connectivity index (χ1n) is 7.92. The Hall–Kier alpha value is -2.34. The standard InChI is InChI=1S/C17H22N4O2/c18-17(22)12-23-15-5-1-3-13(9-15)10-21-8-2-4-14(11-21)16-6-7-19-20-16/h1,3,5-7,9,14H,2,4,8,10-12H2,(H2,18,22)(H,19,20)/t14-/m1/s1. The number of aromatic nitrogens is 2. The Kier molecular flexibility index (Phi) is 4.92. The predicted octanol–water partition coefficient (Wildman–Crippen LogP) is 1.65. The molecule has 3 rings (SSSR count). The second kappa shape index (κ2) is 7.28. The molecular formula is C17H22N4O2. The van der Waals surface area contributed by atoms with Crippen LogP contribution in [-0.4, -0.2) is 40.7 Å². The molecule has 1 amide bonds. The van der Waals surface area contributed by atoms with E-state index in [1.807, 2.05) is 24.4 Å². The zero-order valence-corrected chi connectivity index (χ0v) is 13.1. The number of likely N-dealkylation sites (tertiary alicyclic amines) is 1. The summed E-state index contributed by atoms with van der Waals surface area (Å²) in [6.45, 7) is 2.90. The van der Waals surface area contributed by atoms with Crippen molar-refractivity contribution in [1.29, 1.82) is 0 Å². The number of hydrogen-bond donors (Lipinski definition) is 2. The Morgan fingerprint density at radius 3 is 3.13 bits per heavy atom. The molecule has 1 saturated heterocycles. The van der Waals surface area contributed by atoms with E-state index >= 15 is 0 Å². The largest absolute Gasteiger partial charge is 0.484 e. The summed E-state index contributed by atoms with van der Waals surface area (Å²) in [5.41, 5.74) is 7.50. The predicted molar refractivity (Wildman–Crippen MR) is 87.0 cm³/mol. The number of carbonyl (C=O) groups excluding carboxylic acids is 1. The van der Waals surface area contributed by atoms with Crippen molar-refractivity contribution in [2.24, 2.45) is 5.73 Å². The second-order valence-corrected chi connectivity index (χ2v) is 5.99. The fourth-order valence-electron chi connectivity index (χ4n) is 3.09. The fraction of sp³-hybridized carbons (Fsp3) is 0.412. The monoisotopic (exact) mass is 314 g/mol. The van der Waals surface area contributed by atoms with Crippen LogP contribution in [0.2, 0.25) is 0 Å². The molecule has 0 aliphatic carbocycles. The number of ether oxygens (including phenoxy) is 1. The number of nitrogens with one attached hydrogen (secondary N) is 1. The van der Waals surface area contributed by atoms with Gasteiger partial charge in [-0.1, -0.05) is 12.1 Å². The molecule has 1 aromatic carbocycles. The van der Waals surface area contributed by atoms with Gasteiger partial charge in [0.2, 0.25) is 0 Å². The topological polar surface area (TPSA) is 84.2 Å². The Labute approximate surface area is 135 Å². The van der Waals surface area contributed by atoms with Gasteiger partial charge < -0.3 is 10.5 Å². The molecule has 3 N–H and O–H groups in total. The molecule has 0 saturated carbocycles. The van der Waals surface area contributed by atoms with Crippen LogP contribution in [0.4, 0.5) is 0 Å². The third-order valence-corrected chi connectivity index (χ3v) is 4.15. The molecule has 0 bridgehead atoms. The summed E-state index contributed by atoms with van der Waals surface area (Å²) in [5.74, 6) is 0.734. The highest BCUT2D eigenvalue weighted by atomic mass is 16.5. The number of carbonyl (C=O) groups is 1. The first kappa shape index (κ1) is 15.6. The van der Waals surface area contributed by atoms with E-state index in [4.69, 9.17) is 10.5 Å². The molecule has 23 heavy (non-hydrogen) atoms. The molecule has 1 aliphatic rings. The van der Waals surface area contributed by atoms with E-state index in [0.717, 1.165) is 19.6 Å². The summed E-state index contributed by atoms with van der Waals surface area (Å²) in [6.07, 6.45) is 4.19. The van der Waals surface area contributed by atoms with Crippen LogP contribution in [0.15, 0.2) is 36.5 Å². The molecule has 1 aliphatic heterocycles. The molecule has 0 unspecified atom stereocenters. The number of amides is 1. The summed E-state index contributed by atoms with van der Waals surface area (Å²) in [4.78, 5) is 13.3. The minimum atomic E-state index is -0.464. The molecule has 122 valence electrons. The molecule has 0 radical (unpaired) electrons. The Bertz CT molecular complexity index is 642. The summed E-state index contributed by atoms with van der Waals surface area (Å²) < 4.78 is 5.37. The summed E-state index contributed by atoms with van der Waals surface area (Å²) in [6, 6.07) is 9.91. The van der Waals surface area contributed by atoms with Gasteiger partial charge in [0, 0.05) is 30.9 Å². The van der Waals surface area contributed by atoms with Crippen LogP contribution in [0.1, 0.15) is 30.0 Å². The van der Waals surface area contributed by atoms with Crippen LogP contribution < -0.4 is 10.5 Å². The van der Waals surface area contributed by atoms with Crippen molar-refractivity contribution in [1.82, 2.24) is 15.1 Å². The molecule has 0 spiro atoms. The lowest BCUT2D eigenvalue weighted by Gasteiger charge is -2.32. The number of H-pyrrole nitrogens is 1. The summed E-state index contributed by atoms with van der Waals surface area (Å²) >= 11 is 0. The summed E-state index contributed by atoms with van der Waals surface area (Å²) in [7, 11) is 0. The average molecular weight is 314 g/mol. The van der Waals surface area contributed by atoms with Crippen molar-refractivity contribution < 1.29 is 9.53 Å². The van der Waals surface area contributed by atoms with Crippen molar-refractivity contribution in [3.63, 3.8) is 0 Å². The normalized spacial score (nSPS) is 18.7. The molecule has 1 atom stereocenters. The lowest BCUT2D eigenvalue weighted by Crippen LogP contribution is -2.34. The quantitative estimate of drug-likeness (QED) is 0.849. The van der Waals surface area contributed by atoms with Gasteiger partial charge >= 0.3 is 0 Å². The van der Waals surface area contributed by atoms with Gasteiger partial charge in [0.05, 0.1) is 0 Å². The fourth-order valence-corrected chi connectivity index (χ4v) is 3.09. The van der Waals surface area contributed by atoms with Crippen LogP contribution in [0.25, 0.3) is 0 Å².